The molecular weight excluding hydrogens is 230 g/mol. The van der Waals surface area contributed by atoms with Gasteiger partial charge in [0.15, 0.2) is 0 Å². The fraction of sp³-hybridized carbons (Fsp3) is 0.357. The van der Waals surface area contributed by atoms with E-state index in [1.165, 1.54) is 0 Å². The maximum absolute atomic E-state index is 11.3. The molecular formula is C14H17NO3. The van der Waals surface area contributed by atoms with E-state index in [1.807, 2.05) is 0 Å². The van der Waals surface area contributed by atoms with Crippen LogP contribution in [0.3, 0.4) is 0 Å². The fourth-order valence-electron chi connectivity index (χ4n) is 2.03. The summed E-state index contributed by atoms with van der Waals surface area (Å²) < 4.78 is 5.17. The topological polar surface area (TPSA) is 49.8 Å². The van der Waals surface area contributed by atoms with Crippen molar-refractivity contribution in [3.05, 3.63) is 36.4 Å². The van der Waals surface area contributed by atoms with Crippen molar-refractivity contribution in [2.45, 2.75) is 18.9 Å². The molecule has 0 radical (unpaired) electrons. The minimum atomic E-state index is -0.914. The highest BCUT2D eigenvalue weighted by Gasteiger charge is 2.30. The van der Waals surface area contributed by atoms with Gasteiger partial charge in [0, 0.05) is 18.7 Å². The number of nitrogens with zero attached hydrogens (tertiary/aromatic N) is 1. The van der Waals surface area contributed by atoms with Crippen molar-refractivity contribution in [2.24, 2.45) is 0 Å². The van der Waals surface area contributed by atoms with Gasteiger partial charge in [0.05, 0.1) is 18.4 Å². The summed E-state index contributed by atoms with van der Waals surface area (Å²) in [4.78, 5) is 13.4. The molecule has 1 aliphatic rings. The lowest BCUT2D eigenvalue weighted by Gasteiger charge is -2.25. The predicted octanol–water partition coefficient (Wildman–Crippen LogP) is 2.55. The monoisotopic (exact) mass is 247 g/mol. The van der Waals surface area contributed by atoms with Gasteiger partial charge in [0.1, 0.15) is 5.75 Å². The van der Waals surface area contributed by atoms with Crippen LogP contribution in [0.1, 0.15) is 23.2 Å². The number of hydrogen-bond donors (Lipinski definition) is 1. The molecule has 4 heteroatoms. The molecule has 4 nitrogen and oxygen atoms in total. The minimum Gasteiger partial charge on any atom is -0.497 e. The molecule has 1 saturated carbocycles. The fourth-order valence-corrected chi connectivity index (χ4v) is 2.03. The number of rotatable bonds is 6. The van der Waals surface area contributed by atoms with Crippen molar-refractivity contribution in [3.8, 4) is 5.75 Å². The van der Waals surface area contributed by atoms with Crippen LogP contribution in [0.25, 0.3) is 0 Å². The number of hydrogen-bond acceptors (Lipinski definition) is 3. The average molecular weight is 247 g/mol. The first-order valence-electron chi connectivity index (χ1n) is 5.96. The number of aromatic carboxylic acids is 1. The Hall–Kier alpha value is -1.97. The molecule has 0 saturated heterocycles. The Bertz CT molecular complexity index is 466. The van der Waals surface area contributed by atoms with E-state index in [2.05, 4.69) is 11.5 Å². The van der Waals surface area contributed by atoms with Gasteiger partial charge in [-0.1, -0.05) is 6.08 Å². The Morgan fingerprint density at radius 3 is 2.83 bits per heavy atom. The second-order valence-electron chi connectivity index (χ2n) is 4.36. The molecule has 0 aromatic heterocycles. The molecule has 1 aromatic carbocycles. The highest BCUT2D eigenvalue weighted by atomic mass is 16.5. The highest BCUT2D eigenvalue weighted by Crippen LogP contribution is 2.35. The largest absolute Gasteiger partial charge is 0.497 e. The zero-order valence-corrected chi connectivity index (χ0v) is 10.4. The summed E-state index contributed by atoms with van der Waals surface area (Å²) >= 11 is 0. The number of methoxy groups -OCH3 is 1. The normalized spacial score (nSPS) is 14.1. The summed E-state index contributed by atoms with van der Waals surface area (Å²) in [6.07, 6.45) is 4.00. The van der Waals surface area contributed by atoms with Gasteiger partial charge >= 0.3 is 5.97 Å². The third kappa shape index (κ3) is 2.47. The van der Waals surface area contributed by atoms with Gasteiger partial charge in [0.2, 0.25) is 0 Å². The Balaban J connectivity index is 2.43. The van der Waals surface area contributed by atoms with Gasteiger partial charge in [-0.25, -0.2) is 4.79 Å². The van der Waals surface area contributed by atoms with E-state index in [-0.39, 0.29) is 0 Å². The summed E-state index contributed by atoms with van der Waals surface area (Å²) in [6.45, 7) is 4.38. The Kier molecular flexibility index (Phi) is 3.55. The van der Waals surface area contributed by atoms with E-state index in [0.717, 1.165) is 12.8 Å². The van der Waals surface area contributed by atoms with Gasteiger partial charge in [-0.05, 0) is 25.0 Å². The van der Waals surface area contributed by atoms with E-state index in [4.69, 9.17) is 4.74 Å². The van der Waals surface area contributed by atoms with Crippen LogP contribution in [0, 0.1) is 0 Å². The van der Waals surface area contributed by atoms with Crippen LogP contribution in [0.4, 0.5) is 5.69 Å². The lowest BCUT2D eigenvalue weighted by molar-refractivity contribution is 0.0697. The predicted molar refractivity (Wildman–Crippen MR) is 70.5 cm³/mol. The molecule has 0 bridgehead atoms. The number of carboxylic acid groups (broad SMARTS) is 1. The number of anilines is 1. The van der Waals surface area contributed by atoms with Crippen LogP contribution in [0.2, 0.25) is 0 Å². The Morgan fingerprint density at radius 1 is 1.61 bits per heavy atom. The van der Waals surface area contributed by atoms with E-state index in [1.54, 1.807) is 31.4 Å². The first kappa shape index (κ1) is 12.5. The molecule has 0 spiro atoms. The first-order chi connectivity index (χ1) is 8.67. The van der Waals surface area contributed by atoms with E-state index in [0.29, 0.717) is 29.6 Å². The molecule has 2 rings (SSSR count). The van der Waals surface area contributed by atoms with Gasteiger partial charge < -0.3 is 14.7 Å². The van der Waals surface area contributed by atoms with Crippen molar-refractivity contribution >= 4 is 11.7 Å². The third-order valence-corrected chi connectivity index (χ3v) is 3.06. The number of benzene rings is 1. The number of ether oxygens (including phenoxy) is 1. The third-order valence-electron chi connectivity index (χ3n) is 3.06. The standard InChI is InChI=1S/C14H17NO3/c1-3-8-15(10-4-5-10)13-9-11(18-2)6-7-12(13)14(16)17/h3,6-7,9-10H,1,4-5,8H2,2H3,(H,16,17). The zero-order valence-electron chi connectivity index (χ0n) is 10.4. The smallest absolute Gasteiger partial charge is 0.337 e. The summed E-state index contributed by atoms with van der Waals surface area (Å²) in [5, 5.41) is 9.26. The SMILES string of the molecule is C=CCN(c1cc(OC)ccc1C(=O)O)C1CC1. The zero-order chi connectivity index (χ0) is 13.1. The van der Waals surface area contributed by atoms with Crippen molar-refractivity contribution in [2.75, 3.05) is 18.6 Å². The van der Waals surface area contributed by atoms with Crippen LogP contribution in [0.5, 0.6) is 5.75 Å². The van der Waals surface area contributed by atoms with Crippen LogP contribution >= 0.6 is 0 Å². The lowest BCUT2D eigenvalue weighted by Crippen LogP contribution is -2.27. The molecule has 0 atom stereocenters. The molecule has 0 aliphatic heterocycles. The molecule has 1 aliphatic carbocycles. The van der Waals surface area contributed by atoms with E-state index >= 15 is 0 Å². The second kappa shape index (κ2) is 5.12. The van der Waals surface area contributed by atoms with Crippen LogP contribution in [-0.2, 0) is 0 Å². The molecule has 0 unspecified atom stereocenters. The maximum Gasteiger partial charge on any atom is 0.337 e. The van der Waals surface area contributed by atoms with Crippen molar-refractivity contribution in [1.82, 2.24) is 0 Å². The van der Waals surface area contributed by atoms with Gasteiger partial charge in [-0.15, -0.1) is 6.58 Å². The van der Waals surface area contributed by atoms with Gasteiger partial charge in [-0.3, -0.25) is 0 Å². The van der Waals surface area contributed by atoms with E-state index < -0.39 is 5.97 Å². The van der Waals surface area contributed by atoms with Crippen molar-refractivity contribution < 1.29 is 14.6 Å². The maximum atomic E-state index is 11.3. The van der Waals surface area contributed by atoms with Gasteiger partial charge in [0.25, 0.3) is 0 Å². The van der Waals surface area contributed by atoms with Crippen LogP contribution in [0.15, 0.2) is 30.9 Å². The molecule has 0 heterocycles. The summed E-state index contributed by atoms with van der Waals surface area (Å²) in [5.74, 6) is -0.243. The van der Waals surface area contributed by atoms with Crippen molar-refractivity contribution in [1.29, 1.82) is 0 Å². The molecule has 1 aromatic rings. The van der Waals surface area contributed by atoms with Crippen LogP contribution in [-0.4, -0.2) is 30.8 Å². The molecule has 96 valence electrons. The Morgan fingerprint density at radius 2 is 2.33 bits per heavy atom. The van der Waals surface area contributed by atoms with E-state index in [9.17, 15) is 9.90 Å². The summed E-state index contributed by atoms with van der Waals surface area (Å²) in [5.41, 5.74) is 1.02. The molecule has 18 heavy (non-hydrogen) atoms. The second-order valence-corrected chi connectivity index (χ2v) is 4.36. The first-order valence-corrected chi connectivity index (χ1v) is 5.96. The Labute approximate surface area is 106 Å². The molecule has 1 N–H and O–H groups in total. The van der Waals surface area contributed by atoms with Crippen LogP contribution < -0.4 is 9.64 Å². The average Bonchev–Trinajstić information content (AvgIpc) is 3.19. The molecule has 0 amide bonds. The number of carbonyl (C=O) groups is 1. The summed E-state index contributed by atoms with van der Waals surface area (Å²) in [7, 11) is 1.58. The number of carboxylic acids is 1. The van der Waals surface area contributed by atoms with Crippen molar-refractivity contribution in [3.63, 3.8) is 0 Å². The minimum absolute atomic E-state index is 0.310. The highest BCUT2D eigenvalue weighted by molar-refractivity contribution is 5.95. The molecule has 1 fully saturated rings. The quantitative estimate of drug-likeness (QED) is 0.785. The lowest BCUT2D eigenvalue weighted by atomic mass is 10.1. The van der Waals surface area contributed by atoms with Gasteiger partial charge in [-0.2, -0.15) is 0 Å². The summed E-state index contributed by atoms with van der Waals surface area (Å²) in [6, 6.07) is 5.47.